The average molecular weight is 222 g/mol. The lowest BCUT2D eigenvalue weighted by molar-refractivity contribution is -0.125. The zero-order chi connectivity index (χ0) is 11.4. The van der Waals surface area contributed by atoms with E-state index < -0.39 is 0 Å². The first-order valence-corrected chi connectivity index (χ1v) is 6.43. The van der Waals surface area contributed by atoms with Crippen molar-refractivity contribution < 1.29 is 4.79 Å². The van der Waals surface area contributed by atoms with Gasteiger partial charge in [-0.05, 0) is 31.7 Å². The zero-order valence-electron chi connectivity index (χ0n) is 10.1. The summed E-state index contributed by atoms with van der Waals surface area (Å²) in [6.07, 6.45) is 6.77. The molecule has 1 heterocycles. The van der Waals surface area contributed by atoms with Crippen molar-refractivity contribution in [1.29, 1.82) is 0 Å². The Bertz CT molecular complexity index is 286. The van der Waals surface area contributed by atoms with E-state index in [1.165, 1.54) is 18.4 Å². The highest BCUT2D eigenvalue weighted by Gasteiger charge is 2.29. The molecule has 0 bridgehead atoms. The molecule has 3 heteroatoms. The molecule has 1 aliphatic carbocycles. The van der Waals surface area contributed by atoms with Crippen LogP contribution in [0.3, 0.4) is 0 Å². The molecule has 90 valence electrons. The molecule has 0 aromatic rings. The summed E-state index contributed by atoms with van der Waals surface area (Å²) in [5, 5.41) is 6.37. The van der Waals surface area contributed by atoms with E-state index in [-0.39, 0.29) is 11.8 Å². The van der Waals surface area contributed by atoms with Gasteiger partial charge in [0, 0.05) is 19.0 Å². The minimum atomic E-state index is 0.266. The van der Waals surface area contributed by atoms with Gasteiger partial charge < -0.3 is 10.6 Å². The highest BCUT2D eigenvalue weighted by molar-refractivity contribution is 5.79. The van der Waals surface area contributed by atoms with Crippen molar-refractivity contribution >= 4 is 5.91 Å². The van der Waals surface area contributed by atoms with Gasteiger partial charge in [-0.3, -0.25) is 4.79 Å². The van der Waals surface area contributed by atoms with Gasteiger partial charge in [0.05, 0.1) is 0 Å². The fraction of sp³-hybridized carbons (Fsp3) is 0.769. The molecule has 2 unspecified atom stereocenters. The number of hydrogen-bond acceptors (Lipinski definition) is 2. The van der Waals surface area contributed by atoms with Gasteiger partial charge in [0.1, 0.15) is 0 Å². The van der Waals surface area contributed by atoms with E-state index in [1.807, 2.05) is 0 Å². The second-order valence-electron chi connectivity index (χ2n) is 5.05. The van der Waals surface area contributed by atoms with Gasteiger partial charge in [-0.2, -0.15) is 0 Å². The molecular formula is C13H22N2O. The Hall–Kier alpha value is -0.830. The van der Waals surface area contributed by atoms with Crippen molar-refractivity contribution in [1.82, 2.24) is 10.6 Å². The Morgan fingerprint density at radius 1 is 1.56 bits per heavy atom. The van der Waals surface area contributed by atoms with E-state index >= 15 is 0 Å². The molecule has 1 aliphatic heterocycles. The van der Waals surface area contributed by atoms with Gasteiger partial charge in [-0.1, -0.05) is 25.0 Å². The summed E-state index contributed by atoms with van der Waals surface area (Å²) in [4.78, 5) is 11.9. The number of nitrogens with one attached hydrogen (secondary N) is 2. The Kier molecular flexibility index (Phi) is 3.99. The highest BCUT2D eigenvalue weighted by atomic mass is 16.1. The SMILES string of the molecule is CC1CCCC1C(=O)NCC1=CCNCC1. The van der Waals surface area contributed by atoms with Gasteiger partial charge in [0.15, 0.2) is 0 Å². The molecule has 2 N–H and O–H groups in total. The zero-order valence-corrected chi connectivity index (χ0v) is 10.1. The Labute approximate surface area is 97.7 Å². The van der Waals surface area contributed by atoms with Gasteiger partial charge in [-0.15, -0.1) is 0 Å². The van der Waals surface area contributed by atoms with Crippen LogP contribution in [-0.4, -0.2) is 25.5 Å². The maximum absolute atomic E-state index is 11.9. The predicted octanol–water partition coefficient (Wildman–Crippen LogP) is 1.46. The summed E-state index contributed by atoms with van der Waals surface area (Å²) < 4.78 is 0. The van der Waals surface area contributed by atoms with E-state index in [2.05, 4.69) is 23.6 Å². The van der Waals surface area contributed by atoms with Crippen molar-refractivity contribution in [2.75, 3.05) is 19.6 Å². The molecule has 0 saturated heterocycles. The maximum atomic E-state index is 11.9. The minimum absolute atomic E-state index is 0.266. The van der Waals surface area contributed by atoms with Crippen molar-refractivity contribution in [3.63, 3.8) is 0 Å². The van der Waals surface area contributed by atoms with Crippen LogP contribution < -0.4 is 10.6 Å². The van der Waals surface area contributed by atoms with Crippen LogP contribution in [0.5, 0.6) is 0 Å². The Morgan fingerprint density at radius 3 is 3.06 bits per heavy atom. The monoisotopic (exact) mass is 222 g/mol. The van der Waals surface area contributed by atoms with Gasteiger partial charge >= 0.3 is 0 Å². The lowest BCUT2D eigenvalue weighted by Gasteiger charge is -2.18. The van der Waals surface area contributed by atoms with Crippen LogP contribution >= 0.6 is 0 Å². The van der Waals surface area contributed by atoms with E-state index in [4.69, 9.17) is 0 Å². The van der Waals surface area contributed by atoms with Crippen LogP contribution in [0.2, 0.25) is 0 Å². The third-order valence-corrected chi connectivity index (χ3v) is 3.85. The van der Waals surface area contributed by atoms with Crippen LogP contribution in [0.4, 0.5) is 0 Å². The topological polar surface area (TPSA) is 41.1 Å². The van der Waals surface area contributed by atoms with Crippen LogP contribution in [-0.2, 0) is 4.79 Å². The van der Waals surface area contributed by atoms with Crippen LogP contribution in [0, 0.1) is 11.8 Å². The number of carbonyl (C=O) groups excluding carboxylic acids is 1. The van der Waals surface area contributed by atoms with Crippen LogP contribution in [0.25, 0.3) is 0 Å². The van der Waals surface area contributed by atoms with E-state index in [1.54, 1.807) is 0 Å². The molecule has 3 nitrogen and oxygen atoms in total. The summed E-state index contributed by atoms with van der Waals surface area (Å²) in [5.41, 5.74) is 1.37. The first kappa shape index (κ1) is 11.6. The molecule has 0 aromatic carbocycles. The lowest BCUT2D eigenvalue weighted by atomic mass is 9.97. The molecule has 2 atom stereocenters. The predicted molar refractivity (Wildman–Crippen MR) is 65.1 cm³/mol. The Morgan fingerprint density at radius 2 is 2.44 bits per heavy atom. The van der Waals surface area contributed by atoms with Gasteiger partial charge in [0.2, 0.25) is 5.91 Å². The first-order valence-electron chi connectivity index (χ1n) is 6.43. The maximum Gasteiger partial charge on any atom is 0.223 e. The molecule has 0 aromatic heterocycles. The smallest absolute Gasteiger partial charge is 0.223 e. The van der Waals surface area contributed by atoms with E-state index in [9.17, 15) is 4.79 Å². The number of rotatable bonds is 3. The minimum Gasteiger partial charge on any atom is -0.352 e. The number of hydrogen-bond donors (Lipinski definition) is 2. The molecule has 0 radical (unpaired) electrons. The molecule has 1 amide bonds. The van der Waals surface area contributed by atoms with Crippen molar-refractivity contribution in [3.8, 4) is 0 Å². The second-order valence-corrected chi connectivity index (χ2v) is 5.05. The summed E-state index contributed by atoms with van der Waals surface area (Å²) >= 11 is 0. The molecule has 1 fully saturated rings. The number of carbonyl (C=O) groups is 1. The third-order valence-electron chi connectivity index (χ3n) is 3.85. The number of amides is 1. The van der Waals surface area contributed by atoms with Crippen LogP contribution in [0.1, 0.15) is 32.6 Å². The lowest BCUT2D eigenvalue weighted by Crippen LogP contribution is -2.34. The van der Waals surface area contributed by atoms with Gasteiger partial charge in [0.25, 0.3) is 0 Å². The van der Waals surface area contributed by atoms with Crippen molar-refractivity contribution in [3.05, 3.63) is 11.6 Å². The third kappa shape index (κ3) is 2.85. The largest absolute Gasteiger partial charge is 0.352 e. The molecule has 1 saturated carbocycles. The molecule has 0 spiro atoms. The van der Waals surface area contributed by atoms with E-state index in [0.717, 1.165) is 32.5 Å². The second kappa shape index (κ2) is 5.48. The van der Waals surface area contributed by atoms with Crippen molar-refractivity contribution in [2.45, 2.75) is 32.6 Å². The van der Waals surface area contributed by atoms with Gasteiger partial charge in [-0.25, -0.2) is 0 Å². The summed E-state index contributed by atoms with van der Waals surface area (Å²) in [6, 6.07) is 0. The fourth-order valence-corrected chi connectivity index (χ4v) is 2.70. The molecule has 2 rings (SSSR count). The van der Waals surface area contributed by atoms with Crippen LogP contribution in [0.15, 0.2) is 11.6 Å². The normalized spacial score (nSPS) is 29.9. The van der Waals surface area contributed by atoms with Crippen molar-refractivity contribution in [2.24, 2.45) is 11.8 Å². The highest BCUT2D eigenvalue weighted by Crippen LogP contribution is 2.31. The first-order chi connectivity index (χ1) is 7.77. The summed E-state index contributed by atoms with van der Waals surface area (Å²) in [5.74, 6) is 1.11. The molecule has 16 heavy (non-hydrogen) atoms. The average Bonchev–Trinajstić information content (AvgIpc) is 2.74. The molecular weight excluding hydrogens is 200 g/mol. The standard InChI is InChI=1S/C13H22N2O/c1-10-3-2-4-12(10)13(16)15-9-11-5-7-14-8-6-11/h5,10,12,14H,2-4,6-9H2,1H3,(H,15,16). The summed E-state index contributed by atoms with van der Waals surface area (Å²) in [6.45, 7) is 4.94. The fourth-order valence-electron chi connectivity index (χ4n) is 2.70. The van der Waals surface area contributed by atoms with E-state index in [0.29, 0.717) is 5.92 Å². The summed E-state index contributed by atoms with van der Waals surface area (Å²) in [7, 11) is 0. The Balaban J connectivity index is 1.76. The molecule has 2 aliphatic rings. The quantitative estimate of drug-likeness (QED) is 0.710.